The molecule has 10 nitrogen and oxygen atoms in total. The van der Waals surface area contributed by atoms with Crippen LogP contribution in [0.5, 0.6) is 0 Å². The van der Waals surface area contributed by atoms with E-state index in [0.29, 0.717) is 26.9 Å². The van der Waals surface area contributed by atoms with Gasteiger partial charge in [0.25, 0.3) is 10.0 Å². The van der Waals surface area contributed by atoms with E-state index in [4.69, 9.17) is 14.7 Å². The summed E-state index contributed by atoms with van der Waals surface area (Å²) in [5, 5.41) is 3.31. The predicted molar refractivity (Wildman–Crippen MR) is 147 cm³/mol. The van der Waals surface area contributed by atoms with E-state index >= 15 is 0 Å². The number of aromatic nitrogens is 3. The van der Waals surface area contributed by atoms with Crippen LogP contribution in [-0.4, -0.2) is 89.9 Å². The van der Waals surface area contributed by atoms with Gasteiger partial charge in [-0.05, 0) is 44.2 Å². The molecule has 14 heteroatoms. The number of morpholine rings is 1. The third kappa shape index (κ3) is 6.76. The van der Waals surface area contributed by atoms with Crippen LogP contribution in [0.1, 0.15) is 26.0 Å². The van der Waals surface area contributed by atoms with Crippen LogP contribution in [0.25, 0.3) is 22.3 Å². The maximum absolute atomic E-state index is 14.1. The number of hydrogen-bond acceptors (Lipinski definition) is 8. The Balaban J connectivity index is 1.29. The summed E-state index contributed by atoms with van der Waals surface area (Å²) in [6.07, 6.45) is -0.265. The average Bonchev–Trinajstić information content (AvgIpc) is 2.91. The maximum atomic E-state index is 14.1. The van der Waals surface area contributed by atoms with Crippen LogP contribution in [0.4, 0.5) is 19.0 Å². The zero-order chi connectivity index (χ0) is 29.3. The number of nitrogens with zero attached hydrogens (tertiary/aromatic N) is 5. The number of amides is 1. The molecule has 220 valence electrons. The molecule has 5 rings (SSSR count). The summed E-state index contributed by atoms with van der Waals surface area (Å²) >= 11 is 0. The number of fused-ring (bicyclic) bond motifs is 1. The smallest absolute Gasteiger partial charge is 0.350 e. The molecule has 5 heterocycles. The number of alkyl halides is 3. The number of pyridine rings is 3. The predicted octanol–water partition coefficient (Wildman–Crippen LogP) is 2.93. The van der Waals surface area contributed by atoms with Crippen LogP contribution in [0, 0.1) is 0 Å². The van der Waals surface area contributed by atoms with Crippen LogP contribution in [-0.2, 0) is 26.0 Å². The molecular formula is C27H31F3N6O4S. The van der Waals surface area contributed by atoms with Crippen LogP contribution >= 0.6 is 0 Å². The lowest BCUT2D eigenvalue weighted by atomic mass is 10.1. The van der Waals surface area contributed by atoms with Crippen molar-refractivity contribution in [3.8, 4) is 11.4 Å². The minimum Gasteiger partial charge on any atom is -0.372 e. The lowest BCUT2D eigenvalue weighted by Crippen LogP contribution is -2.54. The molecule has 1 N–H and O–H groups in total. The second-order valence-corrected chi connectivity index (χ2v) is 12.4. The third-order valence-corrected chi connectivity index (χ3v) is 8.50. The van der Waals surface area contributed by atoms with Gasteiger partial charge < -0.3 is 15.0 Å². The first-order valence-electron chi connectivity index (χ1n) is 13.3. The Hall–Kier alpha value is -3.36. The highest BCUT2D eigenvalue weighted by molar-refractivity contribution is 7.89. The number of nitrogens with one attached hydrogen (secondary N) is 1. The van der Waals surface area contributed by atoms with E-state index in [9.17, 15) is 26.4 Å². The molecular weight excluding hydrogens is 561 g/mol. The van der Waals surface area contributed by atoms with Crippen LogP contribution in [0.15, 0.2) is 42.6 Å². The molecule has 0 aromatic carbocycles. The van der Waals surface area contributed by atoms with Gasteiger partial charge in [0.15, 0.2) is 0 Å². The van der Waals surface area contributed by atoms with Crippen LogP contribution in [0.2, 0.25) is 0 Å². The quantitative estimate of drug-likeness (QED) is 0.445. The first kappa shape index (κ1) is 29.1. The molecule has 0 unspecified atom stereocenters. The first-order valence-corrected chi connectivity index (χ1v) is 14.8. The van der Waals surface area contributed by atoms with Gasteiger partial charge in [-0.2, -0.15) is 13.1 Å². The number of halogens is 3. The number of hydrogen-bond donors (Lipinski definition) is 1. The second-order valence-electron chi connectivity index (χ2n) is 10.5. The highest BCUT2D eigenvalue weighted by atomic mass is 32.2. The summed E-state index contributed by atoms with van der Waals surface area (Å²) in [7, 11) is -4.95. The van der Waals surface area contributed by atoms with Crippen molar-refractivity contribution in [2.24, 2.45) is 0 Å². The Labute approximate surface area is 236 Å². The Morgan fingerprint density at radius 1 is 1.07 bits per heavy atom. The summed E-state index contributed by atoms with van der Waals surface area (Å²) < 4.78 is 69.8. The van der Waals surface area contributed by atoms with Gasteiger partial charge in [-0.1, -0.05) is 6.07 Å². The zero-order valence-corrected chi connectivity index (χ0v) is 23.4. The molecule has 3 aromatic heterocycles. The van der Waals surface area contributed by atoms with Crippen molar-refractivity contribution in [2.45, 2.75) is 56.9 Å². The van der Waals surface area contributed by atoms with Crippen molar-refractivity contribution in [1.29, 1.82) is 0 Å². The Morgan fingerprint density at radius 3 is 2.54 bits per heavy atom. The molecule has 2 aliphatic rings. The Kier molecular flexibility index (Phi) is 8.43. The minimum atomic E-state index is -4.95. The Bertz CT molecular complexity index is 1520. The zero-order valence-electron chi connectivity index (χ0n) is 22.6. The van der Waals surface area contributed by atoms with Gasteiger partial charge in [0, 0.05) is 50.2 Å². The standard InChI is InChI=1S/C27H31F3N6O4S/c1-16-12-35(13-17(2)40-16)25-5-3-4-22(34-25)23-7-6-18-11-31-20(9-24(18)33-23)10-26(37)32-21-8-19(28)14-36(15-21)41(38,39)27(29)30/h3-7,9,11,16-17,19,21,27H,8,10,12-15H2,1-2H3,(H,32,37)/t16-,17+,19-,21+/m0/s1. The molecule has 2 fully saturated rings. The van der Waals surface area contributed by atoms with E-state index in [0.717, 1.165) is 24.3 Å². The molecule has 4 atom stereocenters. The molecule has 2 saturated heterocycles. The van der Waals surface area contributed by atoms with E-state index < -0.39 is 47.0 Å². The largest absolute Gasteiger partial charge is 0.372 e. The second kappa shape index (κ2) is 11.9. The number of ether oxygens (including phenoxy) is 1. The van der Waals surface area contributed by atoms with Gasteiger partial charge in [-0.3, -0.25) is 9.78 Å². The van der Waals surface area contributed by atoms with Crippen LogP contribution in [0.3, 0.4) is 0 Å². The molecule has 0 bridgehead atoms. The van der Waals surface area contributed by atoms with Gasteiger partial charge in [0.05, 0.1) is 41.2 Å². The molecule has 3 aromatic rings. The highest BCUT2D eigenvalue weighted by Gasteiger charge is 2.39. The third-order valence-electron chi connectivity index (χ3n) is 7.03. The monoisotopic (exact) mass is 592 g/mol. The van der Waals surface area contributed by atoms with Crippen molar-refractivity contribution < 1.29 is 31.1 Å². The summed E-state index contributed by atoms with van der Waals surface area (Å²) in [4.78, 5) is 28.8. The molecule has 1 amide bonds. The maximum Gasteiger partial charge on any atom is 0.350 e. The summed E-state index contributed by atoms with van der Waals surface area (Å²) in [5.74, 6) is -3.37. The van der Waals surface area contributed by atoms with Gasteiger partial charge in [0.1, 0.15) is 12.0 Å². The van der Waals surface area contributed by atoms with Crippen molar-refractivity contribution in [3.05, 3.63) is 48.3 Å². The number of anilines is 1. The summed E-state index contributed by atoms with van der Waals surface area (Å²) in [5.41, 5.74) is 2.32. The fourth-order valence-electron chi connectivity index (χ4n) is 5.27. The highest BCUT2D eigenvalue weighted by Crippen LogP contribution is 2.25. The molecule has 0 spiro atoms. The molecule has 0 aliphatic carbocycles. The van der Waals surface area contributed by atoms with E-state index in [1.54, 1.807) is 12.3 Å². The van der Waals surface area contributed by atoms with Gasteiger partial charge in [-0.15, -0.1) is 0 Å². The van der Waals surface area contributed by atoms with Gasteiger partial charge >= 0.3 is 5.76 Å². The normalized spacial score (nSPS) is 24.1. The lowest BCUT2D eigenvalue weighted by molar-refractivity contribution is -0.121. The van der Waals surface area contributed by atoms with Crippen molar-refractivity contribution in [2.75, 3.05) is 31.1 Å². The lowest BCUT2D eigenvalue weighted by Gasteiger charge is -2.36. The Morgan fingerprint density at radius 2 is 1.80 bits per heavy atom. The van der Waals surface area contributed by atoms with Crippen molar-refractivity contribution >= 4 is 32.7 Å². The minimum absolute atomic E-state index is 0.0900. The topological polar surface area (TPSA) is 118 Å². The first-order chi connectivity index (χ1) is 19.5. The summed E-state index contributed by atoms with van der Waals surface area (Å²) in [6, 6.07) is 10.2. The SMILES string of the molecule is C[C@@H]1CN(c2cccc(-c3ccc4cnc(CC(=O)N[C@@H]5C[C@H](F)CN(S(=O)(=O)C(F)F)C5)cc4n3)n2)C[C@H](C)O1. The van der Waals surface area contributed by atoms with Crippen molar-refractivity contribution in [1.82, 2.24) is 24.6 Å². The fraction of sp³-hybridized carbons (Fsp3) is 0.481. The van der Waals surface area contributed by atoms with E-state index in [1.807, 2.05) is 44.2 Å². The molecule has 0 saturated carbocycles. The van der Waals surface area contributed by atoms with Gasteiger partial charge in [-0.25, -0.2) is 22.8 Å². The molecule has 0 radical (unpaired) electrons. The fourth-order valence-corrected chi connectivity index (χ4v) is 6.25. The molecule has 2 aliphatic heterocycles. The number of piperidine rings is 1. The number of carbonyl (C=O) groups excluding carboxylic acids is 1. The van der Waals surface area contributed by atoms with E-state index in [1.165, 1.54) is 0 Å². The average molecular weight is 593 g/mol. The number of carbonyl (C=O) groups is 1. The molecule has 41 heavy (non-hydrogen) atoms. The van der Waals surface area contributed by atoms with Crippen molar-refractivity contribution in [3.63, 3.8) is 0 Å². The van der Waals surface area contributed by atoms with Crippen LogP contribution < -0.4 is 10.2 Å². The van der Waals surface area contributed by atoms with Gasteiger partial charge in [0.2, 0.25) is 5.91 Å². The number of sulfonamides is 1. The van der Waals surface area contributed by atoms with E-state index in [2.05, 4.69) is 15.2 Å². The summed E-state index contributed by atoms with van der Waals surface area (Å²) in [6.45, 7) is 4.43. The number of rotatable bonds is 7. The van der Waals surface area contributed by atoms with E-state index in [-0.39, 0.29) is 25.0 Å².